The molecule has 2 aromatic carbocycles. The van der Waals surface area contributed by atoms with Crippen molar-refractivity contribution in [2.75, 3.05) is 11.4 Å². The number of amides is 2. The number of anilines is 1. The van der Waals surface area contributed by atoms with Gasteiger partial charge in [0.1, 0.15) is 6.04 Å². The van der Waals surface area contributed by atoms with E-state index < -0.39 is 6.04 Å². The zero-order chi connectivity index (χ0) is 16.4. The molecular weight excluding hydrogens is 312 g/mol. The summed E-state index contributed by atoms with van der Waals surface area (Å²) in [7, 11) is 0. The summed E-state index contributed by atoms with van der Waals surface area (Å²) in [5.74, 6) is -0.459. The minimum atomic E-state index is -0.620. The lowest BCUT2D eigenvalue weighted by molar-refractivity contribution is -0.119. The maximum absolute atomic E-state index is 12.6. The molecule has 4 nitrogen and oxygen atoms in total. The van der Waals surface area contributed by atoms with E-state index in [9.17, 15) is 9.59 Å². The Morgan fingerprint density at radius 3 is 2.61 bits per heavy atom. The maximum atomic E-state index is 12.6. The van der Waals surface area contributed by atoms with Crippen molar-refractivity contribution in [3.05, 3.63) is 64.7 Å². The lowest BCUT2D eigenvalue weighted by Gasteiger charge is -2.22. The first-order valence-corrected chi connectivity index (χ1v) is 7.90. The summed E-state index contributed by atoms with van der Waals surface area (Å²) in [6, 6.07) is 14.0. The van der Waals surface area contributed by atoms with E-state index >= 15 is 0 Å². The molecule has 0 saturated carbocycles. The molecule has 0 bridgehead atoms. The van der Waals surface area contributed by atoms with Gasteiger partial charge in [-0.1, -0.05) is 41.9 Å². The molecule has 118 valence electrons. The summed E-state index contributed by atoms with van der Waals surface area (Å²) in [5.41, 5.74) is 2.46. The fourth-order valence-electron chi connectivity index (χ4n) is 2.78. The molecule has 0 fully saturated rings. The average molecular weight is 329 g/mol. The molecule has 5 heteroatoms. The van der Waals surface area contributed by atoms with Gasteiger partial charge >= 0.3 is 0 Å². The Morgan fingerprint density at radius 1 is 1.13 bits per heavy atom. The fourth-order valence-corrected chi connectivity index (χ4v) is 3.00. The van der Waals surface area contributed by atoms with Crippen LogP contribution in [0.25, 0.3) is 0 Å². The van der Waals surface area contributed by atoms with Crippen LogP contribution in [0.4, 0.5) is 5.69 Å². The lowest BCUT2D eigenvalue weighted by atomic mass is 10.1. The molecule has 3 rings (SSSR count). The molecule has 0 aliphatic carbocycles. The SMILES string of the molecule is C[C@H](NC(=O)c1ccccc1Cl)C(=O)N1CCc2ccccc21. The minimum Gasteiger partial charge on any atom is -0.340 e. The smallest absolute Gasteiger partial charge is 0.253 e. The number of fused-ring (bicyclic) bond motifs is 1. The topological polar surface area (TPSA) is 49.4 Å². The standard InChI is InChI=1S/C18H17ClN2O2/c1-12(20-17(22)14-7-3-4-8-15(14)19)18(23)21-11-10-13-6-2-5-9-16(13)21/h2-9,12H,10-11H2,1H3,(H,20,22)/t12-/m0/s1. The van der Waals surface area contributed by atoms with Gasteiger partial charge in [-0.05, 0) is 37.1 Å². The molecule has 1 heterocycles. The van der Waals surface area contributed by atoms with Crippen LogP contribution in [0.15, 0.2) is 48.5 Å². The van der Waals surface area contributed by atoms with E-state index in [-0.39, 0.29) is 11.8 Å². The highest BCUT2D eigenvalue weighted by molar-refractivity contribution is 6.33. The zero-order valence-corrected chi connectivity index (χ0v) is 13.5. The van der Waals surface area contributed by atoms with Crippen LogP contribution in [0, 0.1) is 0 Å². The van der Waals surface area contributed by atoms with E-state index in [4.69, 9.17) is 11.6 Å². The van der Waals surface area contributed by atoms with Gasteiger partial charge in [-0.2, -0.15) is 0 Å². The number of carbonyl (C=O) groups excluding carboxylic acids is 2. The summed E-state index contributed by atoms with van der Waals surface area (Å²) >= 11 is 6.02. The highest BCUT2D eigenvalue weighted by Crippen LogP contribution is 2.27. The Balaban J connectivity index is 1.72. The molecule has 1 N–H and O–H groups in total. The molecule has 2 amide bonds. The number of carbonyl (C=O) groups is 2. The molecule has 1 aliphatic rings. The Labute approximate surface area is 140 Å². The number of nitrogens with one attached hydrogen (secondary N) is 1. The van der Waals surface area contributed by atoms with Gasteiger partial charge in [0.2, 0.25) is 5.91 Å². The van der Waals surface area contributed by atoms with Crippen LogP contribution in [0.2, 0.25) is 5.02 Å². The third kappa shape index (κ3) is 3.08. The summed E-state index contributed by atoms with van der Waals surface area (Å²) in [5, 5.41) is 3.10. The molecule has 0 saturated heterocycles. The number of halogens is 1. The van der Waals surface area contributed by atoms with Gasteiger partial charge in [0.05, 0.1) is 10.6 Å². The second-order valence-electron chi connectivity index (χ2n) is 5.54. The number of benzene rings is 2. The summed E-state index contributed by atoms with van der Waals surface area (Å²) in [6.07, 6.45) is 0.840. The van der Waals surface area contributed by atoms with Crippen molar-refractivity contribution in [3.63, 3.8) is 0 Å². The van der Waals surface area contributed by atoms with Crippen LogP contribution in [0.1, 0.15) is 22.8 Å². The Morgan fingerprint density at radius 2 is 1.83 bits per heavy atom. The fraction of sp³-hybridized carbons (Fsp3) is 0.222. The van der Waals surface area contributed by atoms with E-state index in [1.165, 1.54) is 0 Å². The van der Waals surface area contributed by atoms with Gasteiger partial charge in [0.15, 0.2) is 0 Å². The minimum absolute atomic E-state index is 0.115. The molecule has 0 aromatic heterocycles. The number of para-hydroxylation sites is 1. The quantitative estimate of drug-likeness (QED) is 0.941. The first-order chi connectivity index (χ1) is 11.1. The highest BCUT2D eigenvalue weighted by atomic mass is 35.5. The first-order valence-electron chi connectivity index (χ1n) is 7.52. The van der Waals surface area contributed by atoms with Crippen molar-refractivity contribution in [2.24, 2.45) is 0 Å². The maximum Gasteiger partial charge on any atom is 0.253 e. The van der Waals surface area contributed by atoms with Crippen molar-refractivity contribution in [1.29, 1.82) is 0 Å². The largest absolute Gasteiger partial charge is 0.340 e. The lowest BCUT2D eigenvalue weighted by Crippen LogP contribution is -2.46. The van der Waals surface area contributed by atoms with Gasteiger partial charge in [-0.25, -0.2) is 0 Å². The van der Waals surface area contributed by atoms with Crippen molar-refractivity contribution >= 4 is 29.1 Å². The summed E-state index contributed by atoms with van der Waals surface area (Å²) in [4.78, 5) is 26.6. The van der Waals surface area contributed by atoms with Crippen molar-refractivity contribution < 1.29 is 9.59 Å². The van der Waals surface area contributed by atoms with Gasteiger partial charge in [-0.3, -0.25) is 9.59 Å². The predicted octanol–water partition coefficient (Wildman–Crippen LogP) is 3.05. The van der Waals surface area contributed by atoms with Crippen molar-refractivity contribution in [2.45, 2.75) is 19.4 Å². The van der Waals surface area contributed by atoms with Crippen molar-refractivity contribution in [3.8, 4) is 0 Å². The van der Waals surface area contributed by atoms with Crippen LogP contribution in [-0.2, 0) is 11.2 Å². The van der Waals surface area contributed by atoms with Crippen molar-refractivity contribution in [1.82, 2.24) is 5.32 Å². The van der Waals surface area contributed by atoms with Crippen LogP contribution in [-0.4, -0.2) is 24.4 Å². The monoisotopic (exact) mass is 328 g/mol. The van der Waals surface area contributed by atoms with E-state index in [1.807, 2.05) is 24.3 Å². The molecule has 23 heavy (non-hydrogen) atoms. The molecule has 0 unspecified atom stereocenters. The second-order valence-corrected chi connectivity index (χ2v) is 5.95. The number of nitrogens with zero attached hydrogens (tertiary/aromatic N) is 1. The van der Waals surface area contributed by atoms with E-state index in [1.54, 1.807) is 36.1 Å². The Bertz CT molecular complexity index is 760. The third-order valence-electron chi connectivity index (χ3n) is 3.99. The molecule has 1 aliphatic heterocycles. The van der Waals surface area contributed by atoms with Gasteiger partial charge < -0.3 is 10.2 Å². The van der Waals surface area contributed by atoms with Crippen LogP contribution in [0.3, 0.4) is 0 Å². The highest BCUT2D eigenvalue weighted by Gasteiger charge is 2.28. The van der Waals surface area contributed by atoms with Crippen LogP contribution >= 0.6 is 11.6 Å². The normalized spacial score (nSPS) is 14.3. The molecule has 1 atom stereocenters. The number of hydrogen-bond acceptors (Lipinski definition) is 2. The molecule has 0 spiro atoms. The number of hydrogen-bond donors (Lipinski definition) is 1. The van der Waals surface area contributed by atoms with E-state index in [2.05, 4.69) is 5.32 Å². The van der Waals surface area contributed by atoms with Gasteiger partial charge in [0, 0.05) is 12.2 Å². The summed E-state index contributed by atoms with van der Waals surface area (Å²) < 4.78 is 0. The third-order valence-corrected chi connectivity index (χ3v) is 4.32. The van der Waals surface area contributed by atoms with Gasteiger partial charge in [0.25, 0.3) is 5.91 Å². The molecular formula is C18H17ClN2O2. The van der Waals surface area contributed by atoms with Crippen LogP contribution in [0.5, 0.6) is 0 Å². The summed E-state index contributed by atoms with van der Waals surface area (Å²) in [6.45, 7) is 2.34. The second kappa shape index (κ2) is 6.42. The van der Waals surface area contributed by atoms with Crippen LogP contribution < -0.4 is 10.2 Å². The van der Waals surface area contributed by atoms with E-state index in [0.29, 0.717) is 17.1 Å². The first kappa shape index (κ1) is 15.6. The predicted molar refractivity (Wildman–Crippen MR) is 90.9 cm³/mol. The molecule has 0 radical (unpaired) electrons. The zero-order valence-electron chi connectivity index (χ0n) is 12.8. The Kier molecular flexibility index (Phi) is 4.35. The molecule has 2 aromatic rings. The van der Waals surface area contributed by atoms with Gasteiger partial charge in [-0.15, -0.1) is 0 Å². The Hall–Kier alpha value is -2.33. The van der Waals surface area contributed by atoms with E-state index in [0.717, 1.165) is 17.7 Å². The number of rotatable bonds is 3. The average Bonchev–Trinajstić information content (AvgIpc) is 2.98.